The summed E-state index contributed by atoms with van der Waals surface area (Å²) >= 11 is 7.23. The number of aryl methyl sites for hydroxylation is 1. The molecule has 0 aliphatic carbocycles. The average Bonchev–Trinajstić information content (AvgIpc) is 3.10. The number of nitrogens with zero attached hydrogens (tertiary/aromatic N) is 2. The fraction of sp³-hybridized carbons (Fsp3) is 0.167. The van der Waals surface area contributed by atoms with Gasteiger partial charge in [-0.3, -0.25) is 4.79 Å². The number of thioether (sulfide) groups is 1. The molecule has 1 aromatic heterocycles. The van der Waals surface area contributed by atoms with Crippen molar-refractivity contribution in [1.82, 2.24) is 15.5 Å². The Morgan fingerprint density at radius 3 is 2.85 bits per heavy atom. The van der Waals surface area contributed by atoms with Gasteiger partial charge in [0.1, 0.15) is 5.82 Å². The largest absolute Gasteiger partial charge is 0.411 e. The van der Waals surface area contributed by atoms with Gasteiger partial charge in [-0.05, 0) is 36.2 Å². The molecule has 0 radical (unpaired) electrons. The van der Waals surface area contributed by atoms with E-state index in [1.807, 2.05) is 12.1 Å². The molecule has 0 spiro atoms. The minimum Gasteiger partial charge on any atom is -0.411 e. The summed E-state index contributed by atoms with van der Waals surface area (Å²) in [5.41, 5.74) is 2.02. The second kappa shape index (κ2) is 8.33. The van der Waals surface area contributed by atoms with Crippen LogP contribution in [0.2, 0.25) is 5.02 Å². The van der Waals surface area contributed by atoms with Crippen molar-refractivity contribution < 1.29 is 13.6 Å². The molecule has 0 aliphatic heterocycles. The van der Waals surface area contributed by atoms with Gasteiger partial charge < -0.3 is 9.73 Å². The minimum absolute atomic E-state index is 0.129. The molecule has 0 unspecified atom stereocenters. The first-order valence-corrected chi connectivity index (χ1v) is 9.12. The fourth-order valence-electron chi connectivity index (χ4n) is 2.21. The summed E-state index contributed by atoms with van der Waals surface area (Å²) in [7, 11) is 0. The Bertz CT molecular complexity index is 932. The van der Waals surface area contributed by atoms with E-state index in [4.69, 9.17) is 16.0 Å². The van der Waals surface area contributed by atoms with Crippen molar-refractivity contribution in [2.24, 2.45) is 0 Å². The SMILES string of the molecule is Cc1cc(CNC(=O)CSc2nnc(-c3ccccc3Cl)o2)ccc1F. The smallest absolute Gasteiger partial charge is 0.277 e. The molecule has 3 aromatic rings. The lowest BCUT2D eigenvalue weighted by molar-refractivity contribution is -0.118. The first-order chi connectivity index (χ1) is 12.5. The van der Waals surface area contributed by atoms with Gasteiger partial charge in [0.05, 0.1) is 16.3 Å². The van der Waals surface area contributed by atoms with E-state index in [9.17, 15) is 9.18 Å². The summed E-state index contributed by atoms with van der Waals surface area (Å²) < 4.78 is 18.8. The highest BCUT2D eigenvalue weighted by Crippen LogP contribution is 2.28. The summed E-state index contributed by atoms with van der Waals surface area (Å²) in [4.78, 5) is 12.0. The molecule has 1 amide bonds. The third kappa shape index (κ3) is 4.62. The molecular formula is C18H15ClFN3O2S. The number of hydrogen-bond acceptors (Lipinski definition) is 5. The number of hydrogen-bond donors (Lipinski definition) is 1. The number of amides is 1. The van der Waals surface area contributed by atoms with Crippen molar-refractivity contribution in [3.8, 4) is 11.5 Å². The molecule has 2 aromatic carbocycles. The Hall–Kier alpha value is -2.38. The number of carbonyl (C=O) groups is 1. The van der Waals surface area contributed by atoms with Gasteiger partial charge in [-0.15, -0.1) is 10.2 Å². The van der Waals surface area contributed by atoms with E-state index in [0.717, 1.165) is 17.3 Å². The summed E-state index contributed by atoms with van der Waals surface area (Å²) in [6, 6.07) is 11.9. The Labute approximate surface area is 159 Å². The summed E-state index contributed by atoms with van der Waals surface area (Å²) in [5.74, 6) is -0.0132. The molecule has 0 fully saturated rings. The van der Waals surface area contributed by atoms with Crippen LogP contribution in [-0.4, -0.2) is 21.9 Å². The first kappa shape index (κ1) is 18.4. The third-order valence-electron chi connectivity index (χ3n) is 3.55. The molecule has 1 heterocycles. The highest BCUT2D eigenvalue weighted by molar-refractivity contribution is 7.99. The standard InChI is InChI=1S/C18H15ClFN3O2S/c1-11-8-12(6-7-15(11)20)9-21-16(24)10-26-18-23-22-17(25-18)13-4-2-3-5-14(13)19/h2-8H,9-10H2,1H3,(H,21,24). The molecule has 0 bridgehead atoms. The van der Waals surface area contributed by atoms with E-state index >= 15 is 0 Å². The Morgan fingerprint density at radius 2 is 2.08 bits per heavy atom. The van der Waals surface area contributed by atoms with Crippen LogP contribution in [0.25, 0.3) is 11.5 Å². The Balaban J connectivity index is 1.52. The van der Waals surface area contributed by atoms with Crippen LogP contribution in [0.4, 0.5) is 4.39 Å². The molecule has 0 atom stereocenters. The van der Waals surface area contributed by atoms with Gasteiger partial charge in [-0.25, -0.2) is 4.39 Å². The van der Waals surface area contributed by atoms with Crippen molar-refractivity contribution in [3.05, 3.63) is 64.4 Å². The lowest BCUT2D eigenvalue weighted by Gasteiger charge is -2.05. The summed E-state index contributed by atoms with van der Waals surface area (Å²) in [6.07, 6.45) is 0. The molecule has 3 rings (SSSR count). The van der Waals surface area contributed by atoms with E-state index < -0.39 is 0 Å². The van der Waals surface area contributed by atoms with Crippen molar-refractivity contribution in [2.75, 3.05) is 5.75 Å². The summed E-state index contributed by atoms with van der Waals surface area (Å²) in [5, 5.41) is 11.4. The van der Waals surface area contributed by atoms with E-state index in [-0.39, 0.29) is 22.7 Å². The second-order valence-electron chi connectivity index (χ2n) is 5.50. The van der Waals surface area contributed by atoms with Crippen LogP contribution in [0.1, 0.15) is 11.1 Å². The predicted molar refractivity (Wildman–Crippen MR) is 98.5 cm³/mol. The number of carbonyl (C=O) groups excluding carboxylic acids is 1. The Morgan fingerprint density at radius 1 is 1.27 bits per heavy atom. The van der Waals surface area contributed by atoms with Gasteiger partial charge in [0, 0.05) is 6.54 Å². The van der Waals surface area contributed by atoms with Gasteiger partial charge in [0.25, 0.3) is 5.22 Å². The van der Waals surface area contributed by atoms with Crippen LogP contribution in [-0.2, 0) is 11.3 Å². The van der Waals surface area contributed by atoms with Crippen LogP contribution in [0.5, 0.6) is 0 Å². The van der Waals surface area contributed by atoms with Gasteiger partial charge >= 0.3 is 0 Å². The number of halogens is 2. The molecule has 0 saturated heterocycles. The van der Waals surface area contributed by atoms with Gasteiger partial charge in [0.2, 0.25) is 11.8 Å². The van der Waals surface area contributed by atoms with Crippen LogP contribution in [0.15, 0.2) is 52.1 Å². The topological polar surface area (TPSA) is 68.0 Å². The zero-order valence-corrected chi connectivity index (χ0v) is 15.4. The molecule has 26 heavy (non-hydrogen) atoms. The molecule has 134 valence electrons. The third-order valence-corrected chi connectivity index (χ3v) is 4.70. The van der Waals surface area contributed by atoms with Crippen molar-refractivity contribution in [2.45, 2.75) is 18.7 Å². The lowest BCUT2D eigenvalue weighted by atomic mass is 10.1. The number of aromatic nitrogens is 2. The molecule has 5 nitrogen and oxygen atoms in total. The van der Waals surface area contributed by atoms with Gasteiger partial charge in [-0.1, -0.05) is 47.6 Å². The molecule has 1 N–H and O–H groups in total. The van der Waals surface area contributed by atoms with Crippen molar-refractivity contribution in [3.63, 3.8) is 0 Å². The van der Waals surface area contributed by atoms with Crippen LogP contribution in [0.3, 0.4) is 0 Å². The molecule has 8 heteroatoms. The molecule has 0 saturated carbocycles. The number of nitrogens with one attached hydrogen (secondary N) is 1. The maximum Gasteiger partial charge on any atom is 0.277 e. The second-order valence-corrected chi connectivity index (χ2v) is 6.84. The predicted octanol–water partition coefficient (Wildman–Crippen LogP) is 4.25. The van der Waals surface area contributed by atoms with Crippen LogP contribution < -0.4 is 5.32 Å². The van der Waals surface area contributed by atoms with E-state index in [2.05, 4.69) is 15.5 Å². The van der Waals surface area contributed by atoms with Crippen molar-refractivity contribution >= 4 is 29.3 Å². The van der Waals surface area contributed by atoms with Crippen LogP contribution in [0, 0.1) is 12.7 Å². The van der Waals surface area contributed by atoms with Crippen molar-refractivity contribution in [1.29, 1.82) is 0 Å². The van der Waals surface area contributed by atoms with Gasteiger partial charge in [-0.2, -0.15) is 0 Å². The maximum atomic E-state index is 13.2. The van der Waals surface area contributed by atoms with E-state index in [1.165, 1.54) is 6.07 Å². The van der Waals surface area contributed by atoms with E-state index in [1.54, 1.807) is 31.2 Å². The highest BCUT2D eigenvalue weighted by Gasteiger charge is 2.13. The fourth-order valence-corrected chi connectivity index (χ4v) is 3.02. The minimum atomic E-state index is -0.263. The maximum absolute atomic E-state index is 13.2. The molecule has 0 aliphatic rings. The zero-order valence-electron chi connectivity index (χ0n) is 13.8. The van der Waals surface area contributed by atoms with Crippen LogP contribution >= 0.6 is 23.4 Å². The van der Waals surface area contributed by atoms with E-state index in [0.29, 0.717) is 28.6 Å². The normalized spacial score (nSPS) is 10.7. The number of benzene rings is 2. The lowest BCUT2D eigenvalue weighted by Crippen LogP contribution is -2.24. The Kier molecular flexibility index (Phi) is 5.90. The summed E-state index contributed by atoms with van der Waals surface area (Å²) in [6.45, 7) is 2.01. The zero-order chi connectivity index (χ0) is 18.5. The molecular weight excluding hydrogens is 377 g/mol. The van der Waals surface area contributed by atoms with Gasteiger partial charge in [0.15, 0.2) is 0 Å². The first-order valence-electron chi connectivity index (χ1n) is 7.76. The monoisotopic (exact) mass is 391 g/mol. The number of rotatable bonds is 6. The quantitative estimate of drug-likeness (QED) is 0.636. The highest BCUT2D eigenvalue weighted by atomic mass is 35.5. The average molecular weight is 392 g/mol.